The van der Waals surface area contributed by atoms with Crippen LogP contribution in [0.2, 0.25) is 0 Å². The number of aromatic nitrogens is 5. The number of hydrogen-bond donors (Lipinski definition) is 3. The summed E-state index contributed by atoms with van der Waals surface area (Å²) in [5.74, 6) is 2.26. The van der Waals surface area contributed by atoms with Crippen molar-refractivity contribution in [3.05, 3.63) is 61.2 Å². The van der Waals surface area contributed by atoms with Gasteiger partial charge in [0.05, 0.1) is 50.3 Å². The first-order chi connectivity index (χ1) is 20.8. The molecule has 1 saturated heterocycles. The molecule has 0 spiro atoms. The number of hydrogen-bond acceptors (Lipinski definition) is 9. The predicted octanol–water partition coefficient (Wildman–Crippen LogP) is 3.05. The van der Waals surface area contributed by atoms with Gasteiger partial charge >= 0.3 is 0 Å². The normalized spacial score (nSPS) is 15.5. The average Bonchev–Trinajstić information content (AvgIpc) is 3.38. The third kappa shape index (κ3) is 5.56. The number of piperazine rings is 1. The van der Waals surface area contributed by atoms with E-state index in [4.69, 9.17) is 21.7 Å². The van der Waals surface area contributed by atoms with Gasteiger partial charge in [-0.25, -0.2) is 28.1 Å². The molecule has 1 atom stereocenters. The molecule has 0 saturated carbocycles. The minimum absolute atomic E-state index is 0.00811. The lowest BCUT2D eigenvalue weighted by molar-refractivity contribution is -0.367. The number of fused-ring (bicyclic) bond motifs is 3. The van der Waals surface area contributed by atoms with Crippen molar-refractivity contribution in [2.45, 2.75) is 17.9 Å². The second-order valence-corrected chi connectivity index (χ2v) is 12.0. The van der Waals surface area contributed by atoms with Crippen LogP contribution in [0.4, 0.5) is 17.5 Å². The van der Waals surface area contributed by atoms with E-state index in [-0.39, 0.29) is 16.9 Å². The van der Waals surface area contributed by atoms with Crippen molar-refractivity contribution in [3.63, 3.8) is 0 Å². The molecular weight excluding hydrogens is 591 g/mol. The fourth-order valence-corrected chi connectivity index (χ4v) is 6.58. The number of H-pyrrole nitrogens is 2. The van der Waals surface area contributed by atoms with Crippen LogP contribution < -0.4 is 29.4 Å². The highest BCUT2D eigenvalue weighted by Gasteiger charge is 2.32. The van der Waals surface area contributed by atoms with Gasteiger partial charge in [-0.3, -0.25) is 4.90 Å². The molecule has 0 bridgehead atoms. The van der Waals surface area contributed by atoms with Crippen LogP contribution in [0, 0.1) is 0 Å². The van der Waals surface area contributed by atoms with Crippen LogP contribution in [0.15, 0.2) is 66.1 Å². The number of sulfonamides is 1. The number of nitrogens with zero attached hydrogens (tertiary/aromatic N) is 5. The summed E-state index contributed by atoms with van der Waals surface area (Å²) < 4.78 is 38.8. The number of thiocarbonyl (C=S) groups is 1. The lowest BCUT2D eigenvalue weighted by Gasteiger charge is -2.39. The monoisotopic (exact) mass is 620 g/mol. The summed E-state index contributed by atoms with van der Waals surface area (Å²) in [7, 11) is -0.591. The quantitative estimate of drug-likeness (QED) is 0.230. The second-order valence-electron chi connectivity index (χ2n) is 9.97. The largest absolute Gasteiger partial charge is 0.493 e. The highest BCUT2D eigenvalue weighted by Crippen LogP contribution is 2.37. The Balaban J connectivity index is 1.15. The molecule has 1 fully saturated rings. The zero-order valence-corrected chi connectivity index (χ0v) is 25.3. The van der Waals surface area contributed by atoms with Gasteiger partial charge < -0.3 is 24.7 Å². The summed E-state index contributed by atoms with van der Waals surface area (Å²) in [5, 5.41) is 5.77. The van der Waals surface area contributed by atoms with E-state index in [1.165, 1.54) is 24.5 Å². The van der Waals surface area contributed by atoms with Gasteiger partial charge in [-0.1, -0.05) is 4.98 Å². The van der Waals surface area contributed by atoms with Crippen molar-refractivity contribution in [2.75, 3.05) is 48.8 Å². The Kier molecular flexibility index (Phi) is 7.58. The van der Waals surface area contributed by atoms with Crippen molar-refractivity contribution < 1.29 is 22.9 Å². The fraction of sp³-hybridized carbons (Fsp3) is 0.250. The summed E-state index contributed by atoms with van der Waals surface area (Å²) in [6.45, 7) is 4.22. The van der Waals surface area contributed by atoms with Gasteiger partial charge in [0.15, 0.2) is 16.6 Å². The van der Waals surface area contributed by atoms with Crippen LogP contribution in [0.3, 0.4) is 0 Å². The third-order valence-electron chi connectivity index (χ3n) is 7.33. The van der Waals surface area contributed by atoms with E-state index in [0.717, 1.165) is 27.8 Å². The van der Waals surface area contributed by atoms with E-state index in [0.29, 0.717) is 41.9 Å². The smallest absolute Gasteiger partial charge is 0.264 e. The Hall–Kier alpha value is -4.76. The molecule has 1 unspecified atom stereocenters. The first-order valence-corrected chi connectivity index (χ1v) is 15.3. The molecular formula is C28H30N9O4S2+. The molecule has 6 rings (SSSR count). The minimum atomic E-state index is -3.83. The number of benzene rings is 2. The van der Waals surface area contributed by atoms with Crippen LogP contribution in [0.5, 0.6) is 11.5 Å². The molecule has 0 aliphatic carbocycles. The van der Waals surface area contributed by atoms with Gasteiger partial charge in [0.25, 0.3) is 10.0 Å². The molecule has 0 radical (unpaired) electrons. The summed E-state index contributed by atoms with van der Waals surface area (Å²) in [4.78, 5) is 23.6. The van der Waals surface area contributed by atoms with E-state index in [9.17, 15) is 8.42 Å². The van der Waals surface area contributed by atoms with Crippen molar-refractivity contribution in [3.8, 4) is 11.5 Å². The van der Waals surface area contributed by atoms with Crippen LogP contribution in [0.25, 0.3) is 21.9 Å². The summed E-state index contributed by atoms with van der Waals surface area (Å²) in [6, 6.07) is 11.9. The number of anilines is 3. The first kappa shape index (κ1) is 28.4. The zero-order valence-electron chi connectivity index (χ0n) is 23.7. The highest BCUT2D eigenvalue weighted by atomic mass is 32.2. The van der Waals surface area contributed by atoms with Gasteiger partial charge in [-0.2, -0.15) is 0 Å². The van der Waals surface area contributed by atoms with Gasteiger partial charge in [-0.15, -0.1) is 0 Å². The SMILES string of the molecule is COc1cc2[nH]c3nc[nH+]c(N4CCN(C(=S)Nc5ccc(S(=O)(=O)Nc6ncccn6)cc5)C(C)C4)c3c2cc1OC. The Morgan fingerprint density at radius 2 is 1.79 bits per heavy atom. The highest BCUT2D eigenvalue weighted by molar-refractivity contribution is 7.92. The summed E-state index contributed by atoms with van der Waals surface area (Å²) in [5.41, 5.74) is 2.35. The van der Waals surface area contributed by atoms with Crippen LogP contribution in [-0.4, -0.2) is 78.3 Å². The zero-order chi connectivity index (χ0) is 30.1. The van der Waals surface area contributed by atoms with Gasteiger partial charge in [-0.05, 0) is 55.5 Å². The first-order valence-electron chi connectivity index (χ1n) is 13.4. The maximum Gasteiger partial charge on any atom is 0.264 e. The van der Waals surface area contributed by atoms with Crippen molar-refractivity contribution in [1.82, 2.24) is 24.8 Å². The maximum absolute atomic E-state index is 12.7. The van der Waals surface area contributed by atoms with Crippen LogP contribution in [0.1, 0.15) is 6.92 Å². The lowest BCUT2D eigenvalue weighted by Crippen LogP contribution is -2.56. The Bertz CT molecular complexity index is 1900. The fourth-order valence-electron chi connectivity index (χ4n) is 5.23. The standard InChI is InChI=1S/C28H29N9O4S2/c1-17-15-36(26-24-20-13-22(40-2)23(41-3)14-21(20)34-25(24)31-16-32-26)11-12-37(17)28(42)33-18-5-7-19(8-6-18)43(38,39)35-27-29-9-4-10-30-27/h4-10,13-14,16-17H,11-12,15H2,1-3H3,(H,33,42)(H,29,30,35)(H,31,32,34)/p+1. The third-order valence-corrected chi connectivity index (χ3v) is 9.01. The maximum atomic E-state index is 12.7. The molecule has 1 aliphatic rings. The van der Waals surface area contributed by atoms with Gasteiger partial charge in [0.1, 0.15) is 5.39 Å². The van der Waals surface area contributed by atoms with E-state index in [1.807, 2.05) is 12.1 Å². The van der Waals surface area contributed by atoms with Crippen molar-refractivity contribution in [1.29, 1.82) is 0 Å². The van der Waals surface area contributed by atoms with E-state index < -0.39 is 10.0 Å². The van der Waals surface area contributed by atoms with E-state index in [1.54, 1.807) is 38.7 Å². The predicted molar refractivity (Wildman–Crippen MR) is 167 cm³/mol. The average molecular weight is 621 g/mol. The minimum Gasteiger partial charge on any atom is -0.493 e. The Morgan fingerprint density at radius 3 is 2.49 bits per heavy atom. The van der Waals surface area contributed by atoms with E-state index in [2.05, 4.69) is 51.7 Å². The Labute approximate surface area is 253 Å². The van der Waals surface area contributed by atoms with Crippen LogP contribution >= 0.6 is 12.2 Å². The van der Waals surface area contributed by atoms with Crippen molar-refractivity contribution >= 4 is 66.7 Å². The topological polar surface area (TPSA) is 152 Å². The molecule has 13 nitrogen and oxygen atoms in total. The van der Waals surface area contributed by atoms with Gasteiger partial charge in [0, 0.05) is 29.5 Å². The molecule has 15 heteroatoms. The molecule has 222 valence electrons. The molecule has 43 heavy (non-hydrogen) atoms. The number of methoxy groups -OCH3 is 2. The number of aromatic amines is 2. The van der Waals surface area contributed by atoms with Crippen molar-refractivity contribution in [2.24, 2.45) is 0 Å². The lowest BCUT2D eigenvalue weighted by atomic mass is 10.1. The molecule has 2 aromatic carbocycles. The molecule has 1 aliphatic heterocycles. The number of ether oxygens (including phenoxy) is 2. The van der Waals surface area contributed by atoms with Gasteiger partial charge in [0.2, 0.25) is 23.7 Å². The number of nitrogens with one attached hydrogen (secondary N) is 4. The Morgan fingerprint density at radius 1 is 1.07 bits per heavy atom. The van der Waals surface area contributed by atoms with Crippen LogP contribution in [-0.2, 0) is 10.0 Å². The second kappa shape index (κ2) is 11.5. The molecule has 4 N–H and O–H groups in total. The molecule has 4 heterocycles. The molecule has 5 aromatic rings. The summed E-state index contributed by atoms with van der Waals surface area (Å²) in [6.07, 6.45) is 4.62. The molecule has 3 aromatic heterocycles. The number of rotatable bonds is 7. The van der Waals surface area contributed by atoms with E-state index >= 15 is 0 Å². The molecule has 0 amide bonds. The summed E-state index contributed by atoms with van der Waals surface area (Å²) >= 11 is 5.76.